The molecule has 0 bridgehead atoms. The summed E-state index contributed by atoms with van der Waals surface area (Å²) in [6.45, 7) is 5.79. The van der Waals surface area contributed by atoms with E-state index in [0.29, 0.717) is 17.8 Å². The first-order valence-corrected chi connectivity index (χ1v) is 7.59. The molecular formula is C12H17BrN8. The van der Waals surface area contributed by atoms with Gasteiger partial charge >= 0.3 is 0 Å². The van der Waals surface area contributed by atoms with Crippen molar-refractivity contribution in [3.63, 3.8) is 0 Å². The highest BCUT2D eigenvalue weighted by atomic mass is 79.9. The summed E-state index contributed by atoms with van der Waals surface area (Å²) >= 11 is 3.51. The summed E-state index contributed by atoms with van der Waals surface area (Å²) in [6.07, 6.45) is 2.30. The number of nitrogen functional groups attached to an aromatic ring is 1. The number of rotatable bonds is 3. The highest BCUT2D eigenvalue weighted by Gasteiger charge is 2.19. The van der Waals surface area contributed by atoms with Crippen molar-refractivity contribution in [3.05, 3.63) is 15.9 Å². The molecule has 0 aromatic carbocycles. The Morgan fingerprint density at radius 3 is 2.33 bits per heavy atom. The number of anilines is 2. The van der Waals surface area contributed by atoms with Gasteiger partial charge in [0.15, 0.2) is 0 Å². The second-order valence-corrected chi connectivity index (χ2v) is 5.79. The van der Waals surface area contributed by atoms with Crippen molar-refractivity contribution in [1.29, 1.82) is 0 Å². The van der Waals surface area contributed by atoms with Crippen LogP contribution in [-0.2, 0) is 0 Å². The van der Waals surface area contributed by atoms with Crippen LogP contribution in [0.15, 0.2) is 4.47 Å². The van der Waals surface area contributed by atoms with E-state index >= 15 is 0 Å². The molecule has 3 rings (SSSR count). The molecule has 1 aliphatic heterocycles. The Kier molecular flexibility index (Phi) is 3.77. The fraction of sp³-hybridized carbons (Fsp3) is 0.500. The first-order chi connectivity index (χ1) is 10.1. The lowest BCUT2D eigenvalue weighted by molar-refractivity contribution is 0.754. The van der Waals surface area contributed by atoms with Crippen molar-refractivity contribution >= 4 is 27.8 Å². The summed E-state index contributed by atoms with van der Waals surface area (Å²) < 4.78 is 2.65. The molecule has 112 valence electrons. The predicted octanol–water partition coefficient (Wildman–Crippen LogP) is 1.32. The summed E-state index contributed by atoms with van der Waals surface area (Å²) in [5.41, 5.74) is 4.33. The number of hydrogen-bond donors (Lipinski definition) is 2. The van der Waals surface area contributed by atoms with Crippen molar-refractivity contribution in [3.8, 4) is 5.95 Å². The van der Waals surface area contributed by atoms with Crippen molar-refractivity contribution in [2.75, 3.05) is 23.4 Å². The maximum Gasteiger partial charge on any atom is 0.257 e. The summed E-state index contributed by atoms with van der Waals surface area (Å²) in [6, 6.07) is 0. The number of hydrazine groups is 1. The highest BCUT2D eigenvalue weighted by molar-refractivity contribution is 9.10. The first kappa shape index (κ1) is 14.2. The number of nitrogens with two attached hydrogens (primary N) is 1. The van der Waals surface area contributed by atoms with Crippen molar-refractivity contribution in [1.82, 2.24) is 24.7 Å². The quantitative estimate of drug-likeness (QED) is 0.634. The van der Waals surface area contributed by atoms with Crippen molar-refractivity contribution < 1.29 is 0 Å². The molecule has 8 nitrogen and oxygen atoms in total. The fourth-order valence-corrected chi connectivity index (χ4v) is 2.64. The number of halogens is 1. The summed E-state index contributed by atoms with van der Waals surface area (Å²) in [7, 11) is 0. The van der Waals surface area contributed by atoms with Gasteiger partial charge in [0.1, 0.15) is 0 Å². The summed E-state index contributed by atoms with van der Waals surface area (Å²) in [4.78, 5) is 15.3. The smallest absolute Gasteiger partial charge is 0.257 e. The third-order valence-corrected chi connectivity index (χ3v) is 4.67. The van der Waals surface area contributed by atoms with Crippen LogP contribution < -0.4 is 16.2 Å². The fourth-order valence-electron chi connectivity index (χ4n) is 2.39. The van der Waals surface area contributed by atoms with Gasteiger partial charge < -0.3 is 4.90 Å². The summed E-state index contributed by atoms with van der Waals surface area (Å²) in [5.74, 6) is 6.91. The number of nitrogens with one attached hydrogen (secondary N) is 1. The largest absolute Gasteiger partial charge is 0.341 e. The zero-order valence-corrected chi connectivity index (χ0v) is 13.6. The second-order valence-electron chi connectivity index (χ2n) is 4.99. The van der Waals surface area contributed by atoms with Crippen LogP contribution in [0.25, 0.3) is 5.95 Å². The molecule has 0 unspecified atom stereocenters. The van der Waals surface area contributed by atoms with Gasteiger partial charge in [-0.2, -0.15) is 20.1 Å². The minimum absolute atomic E-state index is 0.338. The standard InChI is InChI=1S/C12H17BrN8/c1-7-9(13)8(2)21(19-7)12-16-10(18-14)15-11(17-12)20-5-3-4-6-20/h3-6,14H2,1-2H3,(H,15,16,17,18). The normalized spacial score (nSPS) is 14.8. The minimum Gasteiger partial charge on any atom is -0.341 e. The molecule has 2 aromatic rings. The molecule has 0 spiro atoms. The third-order valence-electron chi connectivity index (χ3n) is 3.52. The van der Waals surface area contributed by atoms with E-state index < -0.39 is 0 Å². The molecule has 1 aliphatic rings. The van der Waals surface area contributed by atoms with Crippen LogP contribution in [0, 0.1) is 13.8 Å². The molecule has 21 heavy (non-hydrogen) atoms. The lowest BCUT2D eigenvalue weighted by atomic mass is 10.4. The molecule has 3 N–H and O–H groups in total. The van der Waals surface area contributed by atoms with Gasteiger partial charge in [-0.05, 0) is 42.6 Å². The molecule has 2 aromatic heterocycles. The lowest BCUT2D eigenvalue weighted by Crippen LogP contribution is -2.24. The molecule has 0 aliphatic carbocycles. The van der Waals surface area contributed by atoms with Crippen LogP contribution in [0.5, 0.6) is 0 Å². The van der Waals surface area contributed by atoms with Crippen LogP contribution in [0.2, 0.25) is 0 Å². The van der Waals surface area contributed by atoms with Gasteiger partial charge in [0.25, 0.3) is 5.95 Å². The number of aryl methyl sites for hydroxylation is 1. The van der Waals surface area contributed by atoms with Gasteiger partial charge in [0.2, 0.25) is 11.9 Å². The average Bonchev–Trinajstić information content (AvgIpc) is 3.12. The molecule has 3 heterocycles. The molecule has 9 heteroatoms. The monoisotopic (exact) mass is 352 g/mol. The first-order valence-electron chi connectivity index (χ1n) is 6.80. The van der Waals surface area contributed by atoms with Crippen molar-refractivity contribution in [2.45, 2.75) is 26.7 Å². The van der Waals surface area contributed by atoms with E-state index in [9.17, 15) is 0 Å². The number of hydrogen-bond acceptors (Lipinski definition) is 7. The molecule has 1 fully saturated rings. The molecule has 0 saturated carbocycles. The van der Waals surface area contributed by atoms with E-state index in [1.807, 2.05) is 13.8 Å². The van der Waals surface area contributed by atoms with Crippen LogP contribution in [0.1, 0.15) is 24.2 Å². The topological polar surface area (TPSA) is 97.8 Å². The predicted molar refractivity (Wildman–Crippen MR) is 83.4 cm³/mol. The maximum absolute atomic E-state index is 5.48. The molecule has 0 radical (unpaired) electrons. The number of nitrogens with zero attached hydrogens (tertiary/aromatic N) is 6. The van der Waals surface area contributed by atoms with Crippen molar-refractivity contribution in [2.24, 2.45) is 5.84 Å². The Morgan fingerprint density at radius 2 is 1.76 bits per heavy atom. The van der Waals surface area contributed by atoms with Gasteiger partial charge in [-0.15, -0.1) is 0 Å². The van der Waals surface area contributed by atoms with Crippen LogP contribution in [0.4, 0.5) is 11.9 Å². The van der Waals surface area contributed by atoms with Gasteiger partial charge in [-0.1, -0.05) is 0 Å². The van der Waals surface area contributed by atoms with E-state index in [4.69, 9.17) is 5.84 Å². The lowest BCUT2D eigenvalue weighted by Gasteiger charge is -2.16. The molecular weight excluding hydrogens is 336 g/mol. The zero-order chi connectivity index (χ0) is 15.0. The minimum atomic E-state index is 0.338. The number of aromatic nitrogens is 5. The summed E-state index contributed by atoms with van der Waals surface area (Å²) in [5, 5.41) is 4.45. The average molecular weight is 353 g/mol. The van der Waals surface area contributed by atoms with Crippen LogP contribution in [-0.4, -0.2) is 37.8 Å². The molecule has 0 amide bonds. The van der Waals surface area contributed by atoms with E-state index in [0.717, 1.165) is 41.8 Å². The van der Waals surface area contributed by atoms with Gasteiger partial charge in [0.05, 0.1) is 15.9 Å². The van der Waals surface area contributed by atoms with E-state index in [2.05, 4.69) is 46.3 Å². The van der Waals surface area contributed by atoms with Crippen LogP contribution in [0.3, 0.4) is 0 Å². The van der Waals surface area contributed by atoms with Gasteiger partial charge in [0, 0.05) is 13.1 Å². The van der Waals surface area contributed by atoms with Crippen LogP contribution >= 0.6 is 15.9 Å². The SMILES string of the molecule is Cc1nn(-c2nc(NN)nc(N3CCCC3)n2)c(C)c1Br. The molecule has 1 saturated heterocycles. The third kappa shape index (κ3) is 2.58. The second kappa shape index (κ2) is 5.57. The molecule has 0 atom stereocenters. The Bertz CT molecular complexity index is 662. The Hall–Kier alpha value is -1.74. The Morgan fingerprint density at radius 1 is 1.10 bits per heavy atom. The zero-order valence-electron chi connectivity index (χ0n) is 12.0. The van der Waals surface area contributed by atoms with E-state index in [-0.39, 0.29) is 0 Å². The Balaban J connectivity index is 2.08. The highest BCUT2D eigenvalue weighted by Crippen LogP contribution is 2.23. The maximum atomic E-state index is 5.48. The van der Waals surface area contributed by atoms with E-state index in [1.54, 1.807) is 4.68 Å². The van der Waals surface area contributed by atoms with Gasteiger partial charge in [-0.25, -0.2) is 10.5 Å². The van der Waals surface area contributed by atoms with Gasteiger partial charge in [-0.3, -0.25) is 5.43 Å². The Labute approximate surface area is 130 Å². The van der Waals surface area contributed by atoms with E-state index in [1.165, 1.54) is 0 Å².